The number of hydrogen-bond acceptors (Lipinski definition) is 3. The van der Waals surface area contributed by atoms with Crippen LogP contribution < -0.4 is 0 Å². The SMILES string of the molecule is Cc1ccc(S(=O)(=O)OC(F)(F)c2ccc(F)c(F)c2F)cc1. The maximum absolute atomic E-state index is 13.9. The van der Waals surface area contributed by atoms with Crippen LogP contribution in [0.5, 0.6) is 0 Å². The molecule has 3 nitrogen and oxygen atoms in total. The van der Waals surface area contributed by atoms with Crippen molar-refractivity contribution in [2.75, 3.05) is 0 Å². The Morgan fingerprint density at radius 1 is 0.913 bits per heavy atom. The molecule has 0 atom stereocenters. The lowest BCUT2D eigenvalue weighted by Gasteiger charge is -2.17. The van der Waals surface area contributed by atoms with Crippen molar-refractivity contribution >= 4 is 10.1 Å². The van der Waals surface area contributed by atoms with Gasteiger partial charge in [-0.15, -0.1) is 0 Å². The van der Waals surface area contributed by atoms with E-state index < -0.39 is 44.1 Å². The standard InChI is InChI=1S/C14H9F5O3S/c1-8-2-4-9(5-3-8)23(20,21)22-14(18,19)10-6-7-11(15)13(17)12(10)16/h2-7H,1H3. The summed E-state index contributed by atoms with van der Waals surface area (Å²) in [6.45, 7) is 1.64. The number of aryl methyl sites for hydroxylation is 1. The molecule has 0 radical (unpaired) electrons. The largest absolute Gasteiger partial charge is 0.400 e. The summed E-state index contributed by atoms with van der Waals surface area (Å²) in [7, 11) is -4.96. The maximum atomic E-state index is 13.9. The van der Waals surface area contributed by atoms with Crippen LogP contribution in [0, 0.1) is 24.4 Å². The summed E-state index contributed by atoms with van der Waals surface area (Å²) in [6.07, 6.45) is -4.72. The van der Waals surface area contributed by atoms with Gasteiger partial charge in [-0.05, 0) is 31.2 Å². The van der Waals surface area contributed by atoms with Crippen molar-refractivity contribution in [1.29, 1.82) is 0 Å². The van der Waals surface area contributed by atoms with Crippen LogP contribution in [0.15, 0.2) is 41.3 Å². The number of halogens is 5. The molecule has 0 aliphatic carbocycles. The van der Waals surface area contributed by atoms with Crippen LogP contribution in [0.4, 0.5) is 22.0 Å². The van der Waals surface area contributed by atoms with E-state index in [2.05, 4.69) is 4.18 Å². The highest BCUT2D eigenvalue weighted by atomic mass is 32.2. The van der Waals surface area contributed by atoms with Gasteiger partial charge in [0.05, 0.1) is 10.5 Å². The van der Waals surface area contributed by atoms with Gasteiger partial charge in [0, 0.05) is 0 Å². The van der Waals surface area contributed by atoms with Crippen LogP contribution in [-0.2, 0) is 20.4 Å². The molecule has 0 amide bonds. The van der Waals surface area contributed by atoms with Gasteiger partial charge in [0.25, 0.3) is 0 Å². The Morgan fingerprint density at radius 3 is 2.04 bits per heavy atom. The van der Waals surface area contributed by atoms with E-state index in [-0.39, 0.29) is 12.1 Å². The van der Waals surface area contributed by atoms with E-state index in [1.807, 2.05) is 0 Å². The highest BCUT2D eigenvalue weighted by molar-refractivity contribution is 7.86. The fourth-order valence-corrected chi connectivity index (χ4v) is 2.62. The number of alkyl halides is 2. The van der Waals surface area contributed by atoms with Gasteiger partial charge < -0.3 is 0 Å². The molecule has 0 unspecified atom stereocenters. The van der Waals surface area contributed by atoms with Crippen molar-refractivity contribution in [2.45, 2.75) is 17.9 Å². The predicted octanol–water partition coefficient (Wildman–Crippen LogP) is 3.87. The third kappa shape index (κ3) is 3.50. The maximum Gasteiger partial charge on any atom is 0.400 e. The zero-order valence-corrected chi connectivity index (χ0v) is 12.3. The Bertz CT molecular complexity index is 832. The molecule has 23 heavy (non-hydrogen) atoms. The van der Waals surface area contributed by atoms with E-state index in [4.69, 9.17) is 0 Å². The average Bonchev–Trinajstić information content (AvgIpc) is 2.44. The molecule has 2 rings (SSSR count). The molecule has 0 bridgehead atoms. The fraction of sp³-hybridized carbons (Fsp3) is 0.143. The smallest absolute Gasteiger partial charge is 0.204 e. The summed E-state index contributed by atoms with van der Waals surface area (Å²) in [4.78, 5) is -0.592. The van der Waals surface area contributed by atoms with Gasteiger partial charge in [-0.1, -0.05) is 17.7 Å². The third-order valence-corrected chi connectivity index (χ3v) is 4.15. The molecule has 2 aromatic rings. The topological polar surface area (TPSA) is 43.4 Å². The Balaban J connectivity index is 2.41. The Labute approximate surface area is 128 Å². The third-order valence-electron chi connectivity index (χ3n) is 2.87. The molecule has 0 saturated heterocycles. The van der Waals surface area contributed by atoms with Crippen molar-refractivity contribution in [2.24, 2.45) is 0 Å². The van der Waals surface area contributed by atoms with Crippen LogP contribution in [0.1, 0.15) is 11.1 Å². The summed E-state index contributed by atoms with van der Waals surface area (Å²) in [5.41, 5.74) is -1.06. The fourth-order valence-electron chi connectivity index (χ4n) is 1.69. The normalized spacial score (nSPS) is 12.4. The van der Waals surface area contributed by atoms with Crippen LogP contribution in [0.3, 0.4) is 0 Å². The zero-order chi connectivity index (χ0) is 17.4. The summed E-state index contributed by atoms with van der Waals surface area (Å²) in [5, 5.41) is 0. The van der Waals surface area contributed by atoms with Gasteiger partial charge in [0.1, 0.15) is 0 Å². The van der Waals surface area contributed by atoms with Gasteiger partial charge in [0.15, 0.2) is 17.5 Å². The number of hydrogen-bond donors (Lipinski definition) is 0. The minimum Gasteiger partial charge on any atom is -0.204 e. The Hall–Kier alpha value is -2.00. The van der Waals surface area contributed by atoms with Gasteiger partial charge >= 0.3 is 16.2 Å². The minimum absolute atomic E-state index is 0.207. The molecule has 0 aliphatic heterocycles. The lowest BCUT2D eigenvalue weighted by atomic mass is 10.2. The summed E-state index contributed by atoms with van der Waals surface area (Å²) in [5.74, 6) is -6.07. The van der Waals surface area contributed by atoms with Crippen LogP contribution in [0.25, 0.3) is 0 Å². The molecular formula is C14H9F5O3S. The van der Waals surface area contributed by atoms with E-state index in [1.165, 1.54) is 12.1 Å². The Morgan fingerprint density at radius 2 is 1.48 bits per heavy atom. The van der Waals surface area contributed by atoms with Crippen molar-refractivity contribution < 1.29 is 34.6 Å². The average molecular weight is 352 g/mol. The quantitative estimate of drug-likeness (QED) is 0.477. The molecule has 9 heteroatoms. The first-order valence-corrected chi connectivity index (χ1v) is 7.49. The second-order valence-corrected chi connectivity index (χ2v) is 6.14. The first-order chi connectivity index (χ1) is 10.5. The van der Waals surface area contributed by atoms with Crippen LogP contribution in [-0.4, -0.2) is 8.42 Å². The molecule has 0 N–H and O–H groups in total. The van der Waals surface area contributed by atoms with E-state index in [1.54, 1.807) is 6.92 Å². The number of rotatable bonds is 4. The van der Waals surface area contributed by atoms with Crippen LogP contribution >= 0.6 is 0 Å². The molecule has 0 aromatic heterocycles. The van der Waals surface area contributed by atoms with Crippen molar-refractivity contribution in [3.8, 4) is 0 Å². The second kappa shape index (κ2) is 5.89. The van der Waals surface area contributed by atoms with Crippen LogP contribution in [0.2, 0.25) is 0 Å². The highest BCUT2D eigenvalue weighted by Crippen LogP contribution is 2.36. The lowest BCUT2D eigenvalue weighted by molar-refractivity contribution is -0.183. The van der Waals surface area contributed by atoms with E-state index in [9.17, 15) is 30.4 Å². The molecule has 124 valence electrons. The molecular weight excluding hydrogens is 343 g/mol. The minimum atomic E-state index is -4.96. The van der Waals surface area contributed by atoms with Gasteiger partial charge in [-0.2, -0.15) is 21.4 Å². The zero-order valence-electron chi connectivity index (χ0n) is 11.5. The van der Waals surface area contributed by atoms with Gasteiger partial charge in [-0.25, -0.2) is 13.2 Å². The molecule has 0 spiro atoms. The monoisotopic (exact) mass is 352 g/mol. The van der Waals surface area contributed by atoms with E-state index >= 15 is 0 Å². The molecule has 0 saturated carbocycles. The summed E-state index contributed by atoms with van der Waals surface area (Å²) < 4.78 is 94.3. The van der Waals surface area contributed by atoms with Crippen molar-refractivity contribution in [1.82, 2.24) is 0 Å². The first kappa shape index (κ1) is 17.4. The van der Waals surface area contributed by atoms with Crippen molar-refractivity contribution in [3.05, 3.63) is 65.0 Å². The van der Waals surface area contributed by atoms with Gasteiger partial charge in [0.2, 0.25) is 0 Å². The van der Waals surface area contributed by atoms with E-state index in [0.717, 1.165) is 12.1 Å². The molecule has 0 heterocycles. The molecule has 0 aliphatic rings. The number of benzene rings is 2. The molecule has 2 aromatic carbocycles. The van der Waals surface area contributed by atoms with E-state index in [0.29, 0.717) is 5.56 Å². The van der Waals surface area contributed by atoms with Crippen molar-refractivity contribution in [3.63, 3.8) is 0 Å². The summed E-state index contributed by atoms with van der Waals surface area (Å²) in [6, 6.07) is 5.16. The lowest BCUT2D eigenvalue weighted by Crippen LogP contribution is -2.25. The molecule has 0 fully saturated rings. The highest BCUT2D eigenvalue weighted by Gasteiger charge is 2.43. The Kier molecular flexibility index (Phi) is 4.45. The first-order valence-electron chi connectivity index (χ1n) is 6.09. The summed E-state index contributed by atoms with van der Waals surface area (Å²) >= 11 is 0. The predicted molar refractivity (Wildman–Crippen MR) is 69.7 cm³/mol. The second-order valence-electron chi connectivity index (χ2n) is 4.59. The van der Waals surface area contributed by atoms with Gasteiger partial charge in [-0.3, -0.25) is 0 Å².